The molecule has 1 nitrogen and oxygen atoms in total. The normalized spacial score (nSPS) is 12.6. The van der Waals surface area contributed by atoms with Gasteiger partial charge in [0.25, 0.3) is 0 Å². The molecule has 0 saturated carbocycles. The molecule has 0 atom stereocenters. The van der Waals surface area contributed by atoms with Crippen molar-refractivity contribution in [1.82, 2.24) is 0 Å². The van der Waals surface area contributed by atoms with E-state index in [4.69, 9.17) is 0 Å². The highest BCUT2D eigenvalue weighted by Crippen LogP contribution is 2.40. The van der Waals surface area contributed by atoms with Crippen LogP contribution in [0.25, 0.3) is 0 Å². The fourth-order valence-corrected chi connectivity index (χ4v) is 3.27. The van der Waals surface area contributed by atoms with Crippen LogP contribution in [0.4, 0.5) is 0 Å². The quantitative estimate of drug-likeness (QED) is 0.496. The molecule has 1 rings (SSSR count). The van der Waals surface area contributed by atoms with Crippen molar-refractivity contribution in [2.45, 2.75) is 111 Å². The Kier molecular flexibility index (Phi) is 7.83. The van der Waals surface area contributed by atoms with Crippen molar-refractivity contribution in [3.8, 4) is 5.75 Å². The maximum absolute atomic E-state index is 10.8. The third kappa shape index (κ3) is 6.49. The fraction of sp³-hybridized carbons (Fsp3) is 0.739. The van der Waals surface area contributed by atoms with Gasteiger partial charge in [-0.05, 0) is 40.4 Å². The molecule has 0 heterocycles. The molecule has 1 aromatic carbocycles. The maximum atomic E-state index is 10.8. The van der Waals surface area contributed by atoms with Crippen molar-refractivity contribution < 1.29 is 5.11 Å². The van der Waals surface area contributed by atoms with Crippen molar-refractivity contribution >= 4 is 0 Å². The van der Waals surface area contributed by atoms with Crippen molar-refractivity contribution in [3.05, 3.63) is 28.8 Å². The van der Waals surface area contributed by atoms with E-state index in [0.717, 1.165) is 17.5 Å². The van der Waals surface area contributed by atoms with E-state index in [1.165, 1.54) is 50.5 Å². The van der Waals surface area contributed by atoms with Gasteiger partial charge in [-0.15, -0.1) is 0 Å². The summed E-state index contributed by atoms with van der Waals surface area (Å²) >= 11 is 0. The average molecular weight is 333 g/mol. The van der Waals surface area contributed by atoms with Crippen LogP contribution in [0.5, 0.6) is 5.75 Å². The van der Waals surface area contributed by atoms with Gasteiger partial charge in [-0.2, -0.15) is 0 Å². The standard InChI is InChI=1S/C23H40O/c1-8-9-10-11-12-13-14-15-18-16-19(22(2,3)4)21(24)20(17-18)23(5,6)7/h16-17,24H,8-15H2,1-7H3. The number of aromatic hydroxyl groups is 1. The maximum Gasteiger partial charge on any atom is 0.123 e. The topological polar surface area (TPSA) is 20.2 Å². The zero-order valence-electron chi connectivity index (χ0n) is 17.3. The minimum atomic E-state index is -0.0275. The second-order valence-corrected chi connectivity index (χ2v) is 9.41. The summed E-state index contributed by atoms with van der Waals surface area (Å²) in [5.74, 6) is 0.498. The van der Waals surface area contributed by atoms with E-state index in [2.05, 4.69) is 60.6 Å². The van der Waals surface area contributed by atoms with Gasteiger partial charge in [0.15, 0.2) is 0 Å². The van der Waals surface area contributed by atoms with E-state index >= 15 is 0 Å². The lowest BCUT2D eigenvalue weighted by atomic mass is 9.78. The molecule has 0 saturated heterocycles. The molecular weight excluding hydrogens is 292 g/mol. The molecule has 0 aromatic heterocycles. The largest absolute Gasteiger partial charge is 0.507 e. The van der Waals surface area contributed by atoms with Crippen LogP contribution in [0, 0.1) is 0 Å². The second kappa shape index (κ2) is 8.92. The first-order valence-corrected chi connectivity index (χ1v) is 9.94. The van der Waals surface area contributed by atoms with Crippen molar-refractivity contribution in [2.75, 3.05) is 0 Å². The lowest BCUT2D eigenvalue weighted by Crippen LogP contribution is -2.18. The predicted octanol–water partition coefficient (Wildman–Crippen LogP) is 7.28. The number of unbranched alkanes of at least 4 members (excludes halogenated alkanes) is 6. The zero-order chi connectivity index (χ0) is 18.4. The van der Waals surface area contributed by atoms with Gasteiger partial charge in [0.2, 0.25) is 0 Å². The van der Waals surface area contributed by atoms with Crippen LogP contribution in [0.15, 0.2) is 12.1 Å². The minimum absolute atomic E-state index is 0.0275. The molecule has 0 unspecified atom stereocenters. The average Bonchev–Trinajstić information content (AvgIpc) is 2.45. The molecule has 0 fully saturated rings. The van der Waals surface area contributed by atoms with Gasteiger partial charge in [-0.3, -0.25) is 0 Å². The van der Waals surface area contributed by atoms with Crippen LogP contribution in [0.1, 0.15) is 110 Å². The number of rotatable bonds is 8. The Bertz CT molecular complexity index is 465. The highest BCUT2D eigenvalue weighted by Gasteiger charge is 2.26. The summed E-state index contributed by atoms with van der Waals surface area (Å²) in [6.45, 7) is 15.4. The second-order valence-electron chi connectivity index (χ2n) is 9.41. The lowest BCUT2D eigenvalue weighted by Gasteiger charge is -2.28. The Balaban J connectivity index is 2.80. The van der Waals surface area contributed by atoms with Crippen LogP contribution < -0.4 is 0 Å². The molecule has 1 N–H and O–H groups in total. The van der Waals surface area contributed by atoms with Gasteiger partial charge in [-0.25, -0.2) is 0 Å². The van der Waals surface area contributed by atoms with E-state index in [1.54, 1.807) is 0 Å². The number of aryl methyl sites for hydroxylation is 1. The molecular formula is C23H40O. The van der Waals surface area contributed by atoms with Crippen LogP contribution >= 0.6 is 0 Å². The first-order chi connectivity index (χ1) is 11.1. The smallest absolute Gasteiger partial charge is 0.123 e. The summed E-state index contributed by atoms with van der Waals surface area (Å²) in [4.78, 5) is 0. The molecule has 0 radical (unpaired) electrons. The van der Waals surface area contributed by atoms with Gasteiger partial charge in [-0.1, -0.05) is 99.1 Å². The molecule has 1 aromatic rings. The SMILES string of the molecule is CCCCCCCCCc1cc(C(C)(C)C)c(O)c(C(C)(C)C)c1. The lowest BCUT2D eigenvalue weighted by molar-refractivity contribution is 0.422. The number of hydrogen-bond donors (Lipinski definition) is 1. The fourth-order valence-electron chi connectivity index (χ4n) is 3.27. The summed E-state index contributed by atoms with van der Waals surface area (Å²) in [6, 6.07) is 4.48. The first kappa shape index (κ1) is 21.1. The predicted molar refractivity (Wildman–Crippen MR) is 107 cm³/mol. The summed E-state index contributed by atoms with van der Waals surface area (Å²) in [6.07, 6.45) is 10.5. The molecule has 0 spiro atoms. The molecule has 1 heteroatoms. The molecule has 24 heavy (non-hydrogen) atoms. The van der Waals surface area contributed by atoms with E-state index < -0.39 is 0 Å². The Hall–Kier alpha value is -0.980. The Morgan fingerprint density at radius 1 is 0.708 bits per heavy atom. The van der Waals surface area contributed by atoms with E-state index in [1.807, 2.05) is 0 Å². The van der Waals surface area contributed by atoms with E-state index in [9.17, 15) is 5.11 Å². The summed E-state index contributed by atoms with van der Waals surface area (Å²) in [7, 11) is 0. The van der Waals surface area contributed by atoms with Crippen LogP contribution in [0.2, 0.25) is 0 Å². The van der Waals surface area contributed by atoms with Crippen molar-refractivity contribution in [1.29, 1.82) is 0 Å². The summed E-state index contributed by atoms with van der Waals surface area (Å²) < 4.78 is 0. The monoisotopic (exact) mass is 332 g/mol. The van der Waals surface area contributed by atoms with E-state index in [-0.39, 0.29) is 10.8 Å². The van der Waals surface area contributed by atoms with Crippen LogP contribution in [-0.2, 0) is 17.3 Å². The van der Waals surface area contributed by atoms with E-state index in [0.29, 0.717) is 5.75 Å². The molecule has 0 aliphatic rings. The number of phenols is 1. The molecule has 138 valence electrons. The molecule has 0 bridgehead atoms. The van der Waals surface area contributed by atoms with Crippen molar-refractivity contribution in [3.63, 3.8) is 0 Å². The Labute approximate surface area is 150 Å². The third-order valence-corrected chi connectivity index (χ3v) is 4.85. The van der Waals surface area contributed by atoms with Gasteiger partial charge in [0.05, 0.1) is 0 Å². The number of benzene rings is 1. The Morgan fingerprint density at radius 2 is 1.12 bits per heavy atom. The summed E-state index contributed by atoms with van der Waals surface area (Å²) in [5.41, 5.74) is 3.51. The van der Waals surface area contributed by atoms with Crippen molar-refractivity contribution in [2.24, 2.45) is 0 Å². The van der Waals surface area contributed by atoms with Gasteiger partial charge >= 0.3 is 0 Å². The van der Waals surface area contributed by atoms with Gasteiger partial charge in [0, 0.05) is 0 Å². The van der Waals surface area contributed by atoms with Gasteiger partial charge < -0.3 is 5.11 Å². The highest BCUT2D eigenvalue weighted by molar-refractivity contribution is 5.49. The van der Waals surface area contributed by atoms with Crippen LogP contribution in [0.3, 0.4) is 0 Å². The first-order valence-electron chi connectivity index (χ1n) is 9.94. The minimum Gasteiger partial charge on any atom is -0.507 e. The molecule has 0 amide bonds. The zero-order valence-corrected chi connectivity index (χ0v) is 17.3. The molecule has 0 aliphatic heterocycles. The number of hydrogen-bond acceptors (Lipinski definition) is 1. The Morgan fingerprint density at radius 3 is 1.54 bits per heavy atom. The number of phenolic OH excluding ortho intramolecular Hbond substituents is 1. The summed E-state index contributed by atoms with van der Waals surface area (Å²) in [5, 5.41) is 10.8. The van der Waals surface area contributed by atoms with Crippen LogP contribution in [-0.4, -0.2) is 5.11 Å². The third-order valence-electron chi connectivity index (χ3n) is 4.85. The molecule has 0 aliphatic carbocycles. The highest BCUT2D eigenvalue weighted by atomic mass is 16.3. The van der Waals surface area contributed by atoms with Gasteiger partial charge in [0.1, 0.15) is 5.75 Å².